The molecule has 2 aliphatic heterocycles. The zero-order chi connectivity index (χ0) is 34.9. The minimum atomic E-state index is -5.03. The van der Waals surface area contributed by atoms with Crippen molar-refractivity contribution in [3.63, 3.8) is 0 Å². The van der Waals surface area contributed by atoms with Crippen molar-refractivity contribution >= 4 is 11.9 Å². The van der Waals surface area contributed by atoms with Crippen molar-refractivity contribution in [1.82, 2.24) is 4.90 Å². The number of nitrogens with zero attached hydrogens (tertiary/aromatic N) is 1. The topological polar surface area (TPSA) is 65.1 Å². The van der Waals surface area contributed by atoms with Crippen molar-refractivity contribution in [1.29, 1.82) is 0 Å². The predicted octanol–water partition coefficient (Wildman–Crippen LogP) is 8.07. The van der Waals surface area contributed by atoms with E-state index in [0.717, 1.165) is 11.1 Å². The molecule has 6 nitrogen and oxygen atoms in total. The van der Waals surface area contributed by atoms with Crippen LogP contribution in [0, 0.1) is 5.92 Å². The molecule has 0 amide bonds. The van der Waals surface area contributed by atoms with Gasteiger partial charge in [0.1, 0.15) is 18.8 Å². The molecule has 0 saturated carbocycles. The van der Waals surface area contributed by atoms with Gasteiger partial charge in [0.25, 0.3) is 0 Å². The Morgan fingerprint density at radius 3 is 1.96 bits per heavy atom. The third-order valence-corrected chi connectivity index (χ3v) is 8.79. The van der Waals surface area contributed by atoms with Gasteiger partial charge in [-0.1, -0.05) is 60.7 Å². The van der Waals surface area contributed by atoms with E-state index >= 15 is 0 Å². The van der Waals surface area contributed by atoms with Gasteiger partial charge in [-0.2, -0.15) is 26.3 Å². The molecule has 0 radical (unpaired) electrons. The van der Waals surface area contributed by atoms with E-state index in [1.165, 1.54) is 0 Å². The number of halogens is 6. The highest BCUT2D eigenvalue weighted by atomic mass is 19.4. The van der Waals surface area contributed by atoms with Crippen LogP contribution in [0.1, 0.15) is 67.9 Å². The van der Waals surface area contributed by atoms with Crippen LogP contribution in [0.25, 0.3) is 0 Å². The van der Waals surface area contributed by atoms with Crippen LogP contribution in [0.4, 0.5) is 26.3 Å². The summed E-state index contributed by atoms with van der Waals surface area (Å²) in [5.41, 5.74) is -3.16. The fourth-order valence-electron chi connectivity index (χ4n) is 6.89. The Kier molecular flexibility index (Phi) is 9.99. The lowest BCUT2D eigenvalue weighted by Gasteiger charge is -2.50. The maximum atomic E-state index is 13.6. The lowest BCUT2D eigenvalue weighted by Crippen LogP contribution is -2.57. The van der Waals surface area contributed by atoms with Crippen LogP contribution in [-0.2, 0) is 54.8 Å². The van der Waals surface area contributed by atoms with Crippen LogP contribution in [0.5, 0.6) is 0 Å². The second-order valence-corrected chi connectivity index (χ2v) is 13.3. The second-order valence-electron chi connectivity index (χ2n) is 13.3. The van der Waals surface area contributed by atoms with Gasteiger partial charge < -0.3 is 14.2 Å². The SMILES string of the molecule is CC(C)(C)OC(=O)[C@@H]1C[C@@]2(c3ccccc3)[C@H](OCC(=O)OCc3cc(C(F)(F)F)cc(C(F)(F)F)c3)CC[C@@H]1N2Cc1ccccc1. The van der Waals surface area contributed by atoms with E-state index in [0.29, 0.717) is 37.9 Å². The summed E-state index contributed by atoms with van der Waals surface area (Å²) in [6, 6.07) is 20.1. The first-order valence-electron chi connectivity index (χ1n) is 15.6. The fourth-order valence-corrected chi connectivity index (χ4v) is 6.89. The van der Waals surface area contributed by atoms with Gasteiger partial charge in [-0.3, -0.25) is 9.69 Å². The molecule has 3 aromatic rings. The number of alkyl halides is 6. The van der Waals surface area contributed by atoms with Crippen molar-refractivity contribution in [2.24, 2.45) is 5.92 Å². The quantitative estimate of drug-likeness (QED) is 0.169. The molecule has 2 bridgehead atoms. The van der Waals surface area contributed by atoms with Crippen LogP contribution < -0.4 is 0 Å². The van der Waals surface area contributed by atoms with E-state index in [2.05, 4.69) is 4.90 Å². The van der Waals surface area contributed by atoms with Gasteiger partial charge >= 0.3 is 24.3 Å². The molecule has 0 N–H and O–H groups in total. The lowest BCUT2D eigenvalue weighted by atomic mass is 9.78. The summed E-state index contributed by atoms with van der Waals surface area (Å²) in [6.07, 6.45) is -9.32. The van der Waals surface area contributed by atoms with Gasteiger partial charge in [0.05, 0.1) is 28.7 Å². The molecule has 2 fully saturated rings. The standard InChI is InChI=1S/C36H37F6NO5/c1-33(2,3)48-32(45)28-19-34(25-12-8-5-9-13-25)30(15-14-29(28)43(34)20-23-10-6-4-7-11-23)46-22-31(44)47-21-24-16-26(35(37,38)39)18-27(17-24)36(40,41)42/h4-13,16-18,28-30H,14-15,19-22H2,1-3H3/t28-,29+,30-,34-/m1/s1. The summed E-state index contributed by atoms with van der Waals surface area (Å²) in [5.74, 6) is -1.79. The van der Waals surface area contributed by atoms with E-state index in [9.17, 15) is 35.9 Å². The van der Waals surface area contributed by atoms with Crippen LogP contribution in [0.2, 0.25) is 0 Å². The normalized spacial score (nSPS) is 23.1. The first-order valence-corrected chi connectivity index (χ1v) is 15.6. The van der Waals surface area contributed by atoms with Crippen molar-refractivity contribution < 1.29 is 50.1 Å². The van der Waals surface area contributed by atoms with Gasteiger partial charge in [0.2, 0.25) is 0 Å². The van der Waals surface area contributed by atoms with Gasteiger partial charge in [-0.25, -0.2) is 4.79 Å². The highest BCUT2D eigenvalue weighted by molar-refractivity contribution is 5.75. The Balaban J connectivity index is 1.40. The molecule has 258 valence electrons. The van der Waals surface area contributed by atoms with Crippen molar-refractivity contribution in [2.45, 2.75) is 88.8 Å². The molecule has 48 heavy (non-hydrogen) atoms. The van der Waals surface area contributed by atoms with Crippen LogP contribution in [-0.4, -0.2) is 41.2 Å². The van der Waals surface area contributed by atoms with E-state index in [1.807, 2.05) is 81.4 Å². The molecule has 0 aliphatic carbocycles. The molecule has 2 heterocycles. The number of hydrogen-bond donors (Lipinski definition) is 0. The molecule has 0 unspecified atom stereocenters. The first kappa shape index (κ1) is 35.4. The average molecular weight is 678 g/mol. The van der Waals surface area contributed by atoms with E-state index in [4.69, 9.17) is 14.2 Å². The molecular formula is C36H37F6NO5. The Labute approximate surface area is 275 Å². The lowest BCUT2D eigenvalue weighted by molar-refractivity contribution is -0.161. The van der Waals surface area contributed by atoms with Crippen LogP contribution in [0.15, 0.2) is 78.9 Å². The minimum absolute atomic E-state index is 0.0150. The van der Waals surface area contributed by atoms with E-state index < -0.39 is 71.4 Å². The Bertz CT molecular complexity index is 1560. The molecular weight excluding hydrogens is 640 g/mol. The highest BCUT2D eigenvalue weighted by Gasteiger charge is 2.62. The van der Waals surface area contributed by atoms with Crippen molar-refractivity contribution in [3.05, 3.63) is 107 Å². The number of carbonyl (C=O) groups is 2. The number of ether oxygens (including phenoxy) is 3. The van der Waals surface area contributed by atoms with Gasteiger partial charge in [-0.15, -0.1) is 0 Å². The summed E-state index contributed by atoms with van der Waals surface area (Å²) in [5, 5.41) is 0. The number of piperidine rings is 1. The van der Waals surface area contributed by atoms with E-state index in [1.54, 1.807) is 0 Å². The van der Waals surface area contributed by atoms with Crippen LogP contribution in [0.3, 0.4) is 0 Å². The van der Waals surface area contributed by atoms with Gasteiger partial charge in [0.15, 0.2) is 0 Å². The maximum Gasteiger partial charge on any atom is 0.416 e. The Hall–Kier alpha value is -3.90. The maximum absolute atomic E-state index is 13.6. The summed E-state index contributed by atoms with van der Waals surface area (Å²) in [4.78, 5) is 28.8. The molecule has 3 aromatic carbocycles. The number of carbonyl (C=O) groups excluding carboxylic acids is 2. The summed E-state index contributed by atoms with van der Waals surface area (Å²) >= 11 is 0. The summed E-state index contributed by atoms with van der Waals surface area (Å²) in [7, 11) is 0. The third-order valence-electron chi connectivity index (χ3n) is 8.79. The molecule has 5 rings (SSSR count). The zero-order valence-corrected chi connectivity index (χ0v) is 26.7. The van der Waals surface area contributed by atoms with E-state index in [-0.39, 0.29) is 18.1 Å². The monoisotopic (exact) mass is 677 g/mol. The summed E-state index contributed by atoms with van der Waals surface area (Å²) < 4.78 is 97.1. The number of esters is 2. The highest BCUT2D eigenvalue weighted by Crippen LogP contribution is 2.55. The molecule has 2 aliphatic rings. The molecule has 0 spiro atoms. The van der Waals surface area contributed by atoms with Crippen molar-refractivity contribution in [3.8, 4) is 0 Å². The Morgan fingerprint density at radius 1 is 0.812 bits per heavy atom. The minimum Gasteiger partial charge on any atom is -0.460 e. The predicted molar refractivity (Wildman–Crippen MR) is 163 cm³/mol. The number of benzene rings is 3. The molecule has 12 heteroatoms. The average Bonchev–Trinajstić information content (AvgIpc) is 3.22. The number of rotatable bonds is 9. The third kappa shape index (κ3) is 7.86. The summed E-state index contributed by atoms with van der Waals surface area (Å²) in [6.45, 7) is 4.48. The molecule has 2 saturated heterocycles. The molecule has 4 atom stereocenters. The zero-order valence-electron chi connectivity index (χ0n) is 26.7. The van der Waals surface area contributed by atoms with Crippen LogP contribution >= 0.6 is 0 Å². The number of fused-ring (bicyclic) bond motifs is 2. The smallest absolute Gasteiger partial charge is 0.416 e. The van der Waals surface area contributed by atoms with Gasteiger partial charge in [0, 0.05) is 12.6 Å². The molecule has 0 aromatic heterocycles. The largest absolute Gasteiger partial charge is 0.460 e. The second kappa shape index (κ2) is 13.5. The first-order chi connectivity index (χ1) is 22.5. The van der Waals surface area contributed by atoms with Gasteiger partial charge in [-0.05, 0) is 74.9 Å². The number of hydrogen-bond acceptors (Lipinski definition) is 6. The van der Waals surface area contributed by atoms with Crippen molar-refractivity contribution in [2.75, 3.05) is 6.61 Å². The fraction of sp³-hybridized carbons (Fsp3) is 0.444. The Morgan fingerprint density at radius 2 is 1.40 bits per heavy atom.